The van der Waals surface area contributed by atoms with Crippen LogP contribution in [0, 0.1) is 0 Å². The number of ether oxygens (including phenoxy) is 1. The molecule has 1 aromatic carbocycles. The minimum atomic E-state index is -4.81. The van der Waals surface area contributed by atoms with Gasteiger partial charge in [0, 0.05) is 6.04 Å². The molecule has 2 N–H and O–H groups in total. The number of imidazole rings is 1. The molecule has 0 spiro atoms. The van der Waals surface area contributed by atoms with Crippen molar-refractivity contribution in [2.75, 3.05) is 0 Å². The van der Waals surface area contributed by atoms with E-state index in [4.69, 9.17) is 0 Å². The van der Waals surface area contributed by atoms with Crippen LogP contribution in [0.15, 0.2) is 18.2 Å². The van der Waals surface area contributed by atoms with E-state index >= 15 is 0 Å². The molecule has 114 valence electrons. The quantitative estimate of drug-likeness (QED) is 0.912. The molecule has 2 rings (SSSR count). The lowest BCUT2D eigenvalue weighted by Crippen LogP contribution is -2.32. The number of aromatic nitrogens is 2. The number of para-hydroxylation sites is 1. The second kappa shape index (κ2) is 5.63. The molecule has 1 unspecified atom stereocenters. The van der Waals surface area contributed by atoms with E-state index in [9.17, 15) is 18.0 Å². The van der Waals surface area contributed by atoms with Crippen molar-refractivity contribution in [1.82, 2.24) is 15.3 Å². The highest BCUT2D eigenvalue weighted by molar-refractivity contribution is 5.95. The van der Waals surface area contributed by atoms with Crippen LogP contribution in [-0.2, 0) is 0 Å². The van der Waals surface area contributed by atoms with Gasteiger partial charge in [0.25, 0.3) is 5.91 Å². The zero-order valence-corrected chi connectivity index (χ0v) is 11.4. The molecule has 0 aliphatic heterocycles. The van der Waals surface area contributed by atoms with Crippen molar-refractivity contribution in [2.45, 2.75) is 32.7 Å². The van der Waals surface area contributed by atoms with E-state index in [2.05, 4.69) is 20.0 Å². The minimum Gasteiger partial charge on any atom is -0.403 e. The van der Waals surface area contributed by atoms with Crippen LogP contribution in [0.2, 0.25) is 0 Å². The first-order chi connectivity index (χ1) is 9.80. The lowest BCUT2D eigenvalue weighted by molar-refractivity contribution is -0.274. The number of nitrogens with one attached hydrogen (secondary N) is 2. The molecule has 1 atom stereocenters. The number of hydrogen-bond acceptors (Lipinski definition) is 3. The van der Waals surface area contributed by atoms with Crippen LogP contribution < -0.4 is 10.1 Å². The Morgan fingerprint density at radius 1 is 1.48 bits per heavy atom. The summed E-state index contributed by atoms with van der Waals surface area (Å²) in [5, 5.41) is 2.68. The fourth-order valence-electron chi connectivity index (χ4n) is 1.71. The first-order valence-electron chi connectivity index (χ1n) is 6.35. The maximum atomic E-state index is 12.3. The number of rotatable bonds is 4. The van der Waals surface area contributed by atoms with Gasteiger partial charge in [0.05, 0.1) is 5.52 Å². The van der Waals surface area contributed by atoms with Crippen molar-refractivity contribution in [3.63, 3.8) is 0 Å². The van der Waals surface area contributed by atoms with Gasteiger partial charge in [-0.1, -0.05) is 13.0 Å². The highest BCUT2D eigenvalue weighted by Crippen LogP contribution is 2.29. The minimum absolute atomic E-state index is 0.0378. The zero-order valence-electron chi connectivity index (χ0n) is 11.4. The molecule has 5 nitrogen and oxygen atoms in total. The highest BCUT2D eigenvalue weighted by Gasteiger charge is 2.32. The van der Waals surface area contributed by atoms with Crippen LogP contribution in [0.25, 0.3) is 11.0 Å². The first-order valence-corrected chi connectivity index (χ1v) is 6.35. The Bertz CT molecular complexity index is 652. The molecule has 0 bridgehead atoms. The summed E-state index contributed by atoms with van der Waals surface area (Å²) in [7, 11) is 0. The molecule has 0 saturated heterocycles. The number of aromatic amines is 1. The van der Waals surface area contributed by atoms with E-state index in [1.165, 1.54) is 12.1 Å². The molecule has 2 aromatic rings. The fourth-order valence-corrected chi connectivity index (χ4v) is 1.71. The molecule has 1 aromatic heterocycles. The number of amides is 1. The Balaban J connectivity index is 2.33. The van der Waals surface area contributed by atoms with E-state index < -0.39 is 18.0 Å². The normalized spacial score (nSPS) is 13.2. The van der Waals surface area contributed by atoms with E-state index in [1.807, 2.05) is 13.8 Å². The molecule has 0 saturated carbocycles. The smallest absolute Gasteiger partial charge is 0.403 e. The summed E-state index contributed by atoms with van der Waals surface area (Å²) in [5.74, 6) is -0.971. The third-order valence-corrected chi connectivity index (χ3v) is 2.91. The van der Waals surface area contributed by atoms with E-state index in [0.717, 1.165) is 12.5 Å². The maximum absolute atomic E-state index is 12.3. The molecular formula is C13H14F3N3O2. The van der Waals surface area contributed by atoms with Crippen molar-refractivity contribution < 1.29 is 22.7 Å². The molecule has 1 amide bonds. The van der Waals surface area contributed by atoms with E-state index in [1.54, 1.807) is 0 Å². The molecule has 0 aliphatic carbocycles. The Labute approximate surface area is 118 Å². The SMILES string of the molecule is CCC(C)NC(=O)c1nc2c(OC(F)(F)F)cccc2[nH]1. The van der Waals surface area contributed by atoms with Crippen LogP contribution >= 0.6 is 0 Å². The highest BCUT2D eigenvalue weighted by atomic mass is 19.4. The second-order valence-corrected chi connectivity index (χ2v) is 4.57. The maximum Gasteiger partial charge on any atom is 0.573 e. The zero-order chi connectivity index (χ0) is 15.6. The van der Waals surface area contributed by atoms with Gasteiger partial charge in [-0.3, -0.25) is 4.79 Å². The first kappa shape index (κ1) is 15.1. The summed E-state index contributed by atoms with van der Waals surface area (Å²) in [6.07, 6.45) is -4.08. The fraction of sp³-hybridized carbons (Fsp3) is 0.385. The predicted molar refractivity (Wildman–Crippen MR) is 70.0 cm³/mol. The average molecular weight is 301 g/mol. The summed E-state index contributed by atoms with van der Waals surface area (Å²) in [4.78, 5) is 18.5. The van der Waals surface area contributed by atoms with Gasteiger partial charge in [-0.05, 0) is 25.5 Å². The largest absolute Gasteiger partial charge is 0.573 e. The topological polar surface area (TPSA) is 67.0 Å². The average Bonchev–Trinajstić information content (AvgIpc) is 2.82. The predicted octanol–water partition coefficient (Wildman–Crippen LogP) is 2.99. The number of fused-ring (bicyclic) bond motifs is 1. The van der Waals surface area contributed by atoms with Crippen LogP contribution in [0.3, 0.4) is 0 Å². The summed E-state index contributed by atoms with van der Waals surface area (Å²) in [6, 6.07) is 3.99. The Kier molecular flexibility index (Phi) is 4.06. The van der Waals surface area contributed by atoms with Crippen LogP contribution in [0.4, 0.5) is 13.2 Å². The van der Waals surface area contributed by atoms with Gasteiger partial charge in [0.1, 0.15) is 5.52 Å². The number of benzene rings is 1. The van der Waals surface area contributed by atoms with Crippen LogP contribution in [0.1, 0.15) is 30.9 Å². The standard InChI is InChI=1S/C13H14F3N3O2/c1-3-7(2)17-12(20)11-18-8-5-4-6-9(10(8)19-11)21-13(14,15)16/h4-7H,3H2,1-2H3,(H,17,20)(H,18,19). The number of hydrogen-bond donors (Lipinski definition) is 2. The third kappa shape index (κ3) is 3.65. The summed E-state index contributed by atoms with van der Waals surface area (Å²) in [5.41, 5.74) is 0.259. The monoisotopic (exact) mass is 301 g/mol. The van der Waals surface area contributed by atoms with Gasteiger partial charge in [-0.2, -0.15) is 0 Å². The number of carbonyl (C=O) groups excluding carboxylic acids is 1. The lowest BCUT2D eigenvalue weighted by atomic mass is 10.2. The van der Waals surface area contributed by atoms with Gasteiger partial charge >= 0.3 is 6.36 Å². The third-order valence-electron chi connectivity index (χ3n) is 2.91. The van der Waals surface area contributed by atoms with Gasteiger partial charge in [-0.15, -0.1) is 13.2 Å². The van der Waals surface area contributed by atoms with E-state index in [0.29, 0.717) is 5.52 Å². The van der Waals surface area contributed by atoms with Crippen molar-refractivity contribution in [3.05, 3.63) is 24.0 Å². The number of nitrogens with zero attached hydrogens (tertiary/aromatic N) is 1. The molecule has 8 heteroatoms. The van der Waals surface area contributed by atoms with Crippen molar-refractivity contribution in [3.8, 4) is 5.75 Å². The van der Waals surface area contributed by atoms with Gasteiger partial charge in [0.2, 0.25) is 0 Å². The summed E-state index contributed by atoms with van der Waals surface area (Å²) < 4.78 is 40.8. The van der Waals surface area contributed by atoms with Crippen molar-refractivity contribution in [1.29, 1.82) is 0 Å². The molecular weight excluding hydrogens is 287 g/mol. The molecule has 0 fully saturated rings. The molecule has 0 radical (unpaired) electrons. The summed E-state index contributed by atoms with van der Waals surface area (Å²) in [6.45, 7) is 3.72. The summed E-state index contributed by atoms with van der Waals surface area (Å²) >= 11 is 0. The number of H-pyrrole nitrogens is 1. The molecule has 1 heterocycles. The molecule has 21 heavy (non-hydrogen) atoms. The van der Waals surface area contributed by atoms with Crippen molar-refractivity contribution >= 4 is 16.9 Å². The second-order valence-electron chi connectivity index (χ2n) is 4.57. The lowest BCUT2D eigenvalue weighted by Gasteiger charge is -2.09. The van der Waals surface area contributed by atoms with Crippen molar-refractivity contribution in [2.24, 2.45) is 0 Å². The van der Waals surface area contributed by atoms with Crippen LogP contribution in [-0.4, -0.2) is 28.3 Å². The number of carbonyl (C=O) groups is 1. The van der Waals surface area contributed by atoms with Gasteiger partial charge in [-0.25, -0.2) is 4.98 Å². The number of alkyl halides is 3. The van der Waals surface area contributed by atoms with Gasteiger partial charge < -0.3 is 15.0 Å². The number of halogens is 3. The van der Waals surface area contributed by atoms with Crippen LogP contribution in [0.5, 0.6) is 5.75 Å². The van der Waals surface area contributed by atoms with E-state index in [-0.39, 0.29) is 17.4 Å². The Hall–Kier alpha value is -2.25. The Morgan fingerprint density at radius 3 is 2.81 bits per heavy atom. The van der Waals surface area contributed by atoms with Gasteiger partial charge in [0.15, 0.2) is 11.6 Å². The molecule has 0 aliphatic rings. The Morgan fingerprint density at radius 2 is 2.19 bits per heavy atom.